The van der Waals surface area contributed by atoms with Gasteiger partial charge in [0.05, 0.1) is 6.61 Å². The molecule has 5 rings (SSSR count). The number of nitrogens with one attached hydrogen (secondary N) is 1. The topological polar surface area (TPSA) is 105 Å². The van der Waals surface area contributed by atoms with Crippen molar-refractivity contribution in [3.63, 3.8) is 0 Å². The van der Waals surface area contributed by atoms with Crippen molar-refractivity contribution in [2.75, 3.05) is 32.8 Å². The lowest BCUT2D eigenvalue weighted by Gasteiger charge is -2.37. The number of rotatable bonds is 4. The molecule has 0 bridgehead atoms. The molecule has 3 saturated heterocycles. The van der Waals surface area contributed by atoms with Gasteiger partial charge in [-0.1, -0.05) is 12.1 Å². The standard InChI is InChI=1S/C22H28N4O4/c23-12-22-6-7-30-11-15(22)9-25(13-22)8-14-2-1-3-16-17(14)10-26(21(16)29)18-4-5-19(27)24-20(18)28/h1-3,15,18H,4-13,23H2,(H,24,27,28)/t15-,18?,22+/m0/s1. The molecule has 4 aliphatic rings. The highest BCUT2D eigenvalue weighted by Crippen LogP contribution is 2.42. The van der Waals surface area contributed by atoms with E-state index >= 15 is 0 Å². The number of hydrogen-bond donors (Lipinski definition) is 2. The number of hydrogen-bond acceptors (Lipinski definition) is 6. The number of benzene rings is 1. The number of fused-ring (bicyclic) bond motifs is 2. The molecule has 1 aromatic rings. The lowest BCUT2D eigenvalue weighted by Crippen LogP contribution is -2.52. The quantitative estimate of drug-likeness (QED) is 0.687. The number of imide groups is 1. The van der Waals surface area contributed by atoms with Crippen LogP contribution in [-0.2, 0) is 27.4 Å². The first-order chi connectivity index (χ1) is 14.5. The van der Waals surface area contributed by atoms with Gasteiger partial charge in [-0.15, -0.1) is 0 Å². The van der Waals surface area contributed by atoms with Crippen molar-refractivity contribution >= 4 is 17.7 Å². The fourth-order valence-electron chi connectivity index (χ4n) is 5.65. The van der Waals surface area contributed by atoms with E-state index in [-0.39, 0.29) is 29.6 Å². The number of carbonyl (C=O) groups is 3. The second-order valence-electron chi connectivity index (χ2n) is 9.10. The van der Waals surface area contributed by atoms with Gasteiger partial charge in [0.15, 0.2) is 0 Å². The molecular formula is C22H28N4O4. The zero-order valence-corrected chi connectivity index (χ0v) is 17.1. The van der Waals surface area contributed by atoms with E-state index in [1.165, 1.54) is 0 Å². The number of nitrogens with two attached hydrogens (primary N) is 1. The van der Waals surface area contributed by atoms with Crippen LogP contribution in [0.5, 0.6) is 0 Å². The summed E-state index contributed by atoms with van der Waals surface area (Å²) in [5, 5.41) is 2.36. The van der Waals surface area contributed by atoms with Crippen LogP contribution in [0.15, 0.2) is 18.2 Å². The van der Waals surface area contributed by atoms with Gasteiger partial charge in [0, 0.05) is 56.1 Å². The molecular weight excluding hydrogens is 384 g/mol. The number of likely N-dealkylation sites (tertiary alicyclic amines) is 1. The Morgan fingerprint density at radius 3 is 2.90 bits per heavy atom. The fourth-order valence-corrected chi connectivity index (χ4v) is 5.65. The monoisotopic (exact) mass is 412 g/mol. The van der Waals surface area contributed by atoms with Gasteiger partial charge in [-0.05, 0) is 36.6 Å². The van der Waals surface area contributed by atoms with Gasteiger partial charge >= 0.3 is 0 Å². The molecule has 4 heterocycles. The van der Waals surface area contributed by atoms with Gasteiger partial charge in [-0.25, -0.2) is 0 Å². The SMILES string of the molecule is NC[C@@]12CCOC[C@@H]1CN(Cc1cccc3c1CN(C1CCC(=O)NC1=O)C3=O)C2. The Bertz CT molecular complexity index is 903. The number of ether oxygens (including phenoxy) is 1. The largest absolute Gasteiger partial charge is 0.381 e. The van der Waals surface area contributed by atoms with Gasteiger partial charge < -0.3 is 15.4 Å². The highest BCUT2D eigenvalue weighted by Gasteiger charge is 2.47. The first kappa shape index (κ1) is 19.7. The van der Waals surface area contributed by atoms with Crippen LogP contribution in [0.1, 0.15) is 40.7 Å². The maximum atomic E-state index is 13.0. The molecule has 30 heavy (non-hydrogen) atoms. The highest BCUT2D eigenvalue weighted by atomic mass is 16.5. The molecule has 1 unspecified atom stereocenters. The Morgan fingerprint density at radius 1 is 1.27 bits per heavy atom. The van der Waals surface area contributed by atoms with E-state index in [0.717, 1.165) is 50.4 Å². The van der Waals surface area contributed by atoms with Crippen LogP contribution in [0.25, 0.3) is 0 Å². The Morgan fingerprint density at radius 2 is 2.13 bits per heavy atom. The predicted molar refractivity (Wildman–Crippen MR) is 108 cm³/mol. The van der Waals surface area contributed by atoms with Gasteiger partial charge in [0.1, 0.15) is 6.04 Å². The van der Waals surface area contributed by atoms with Crippen LogP contribution >= 0.6 is 0 Å². The lowest BCUT2D eigenvalue weighted by atomic mass is 9.74. The third-order valence-corrected chi connectivity index (χ3v) is 7.43. The molecule has 3 fully saturated rings. The van der Waals surface area contributed by atoms with Gasteiger partial charge in [0.2, 0.25) is 11.8 Å². The third kappa shape index (κ3) is 3.14. The average molecular weight is 412 g/mol. The highest BCUT2D eigenvalue weighted by molar-refractivity contribution is 6.05. The number of amides is 3. The first-order valence-electron chi connectivity index (χ1n) is 10.8. The summed E-state index contributed by atoms with van der Waals surface area (Å²) < 4.78 is 5.70. The van der Waals surface area contributed by atoms with Crippen LogP contribution in [0.2, 0.25) is 0 Å². The smallest absolute Gasteiger partial charge is 0.255 e. The van der Waals surface area contributed by atoms with Crippen LogP contribution in [0.4, 0.5) is 0 Å². The second-order valence-corrected chi connectivity index (χ2v) is 9.10. The van der Waals surface area contributed by atoms with Crippen LogP contribution in [0, 0.1) is 11.3 Å². The lowest BCUT2D eigenvalue weighted by molar-refractivity contribution is -0.136. The summed E-state index contributed by atoms with van der Waals surface area (Å²) in [6.45, 7) is 5.29. The number of nitrogens with zero attached hydrogens (tertiary/aromatic N) is 2. The zero-order valence-electron chi connectivity index (χ0n) is 17.1. The summed E-state index contributed by atoms with van der Waals surface area (Å²) in [5.41, 5.74) is 9.10. The molecule has 8 nitrogen and oxygen atoms in total. The predicted octanol–water partition coefficient (Wildman–Crippen LogP) is 0.245. The molecule has 8 heteroatoms. The third-order valence-electron chi connectivity index (χ3n) is 7.43. The summed E-state index contributed by atoms with van der Waals surface area (Å²) >= 11 is 0. The second kappa shape index (κ2) is 7.44. The van der Waals surface area contributed by atoms with Crippen molar-refractivity contribution in [2.24, 2.45) is 17.1 Å². The summed E-state index contributed by atoms with van der Waals surface area (Å²) in [7, 11) is 0. The molecule has 0 aromatic heterocycles. The van der Waals surface area contributed by atoms with E-state index in [2.05, 4.69) is 16.3 Å². The van der Waals surface area contributed by atoms with E-state index in [9.17, 15) is 14.4 Å². The molecule has 3 amide bonds. The van der Waals surface area contributed by atoms with Gasteiger partial charge in [0.25, 0.3) is 5.91 Å². The summed E-state index contributed by atoms with van der Waals surface area (Å²) in [4.78, 5) is 40.9. The molecule has 3 atom stereocenters. The molecule has 160 valence electrons. The molecule has 0 spiro atoms. The van der Waals surface area contributed by atoms with E-state index in [0.29, 0.717) is 31.0 Å². The maximum Gasteiger partial charge on any atom is 0.255 e. The van der Waals surface area contributed by atoms with Gasteiger partial charge in [-0.3, -0.25) is 24.6 Å². The van der Waals surface area contributed by atoms with Crippen molar-refractivity contribution in [1.82, 2.24) is 15.1 Å². The van der Waals surface area contributed by atoms with Crippen molar-refractivity contribution in [3.8, 4) is 0 Å². The minimum Gasteiger partial charge on any atom is -0.381 e. The minimum absolute atomic E-state index is 0.122. The summed E-state index contributed by atoms with van der Waals surface area (Å²) in [6, 6.07) is 5.26. The molecule has 3 N–H and O–H groups in total. The fraction of sp³-hybridized carbons (Fsp3) is 0.591. The maximum absolute atomic E-state index is 13.0. The molecule has 1 aromatic carbocycles. The van der Waals surface area contributed by atoms with E-state index < -0.39 is 6.04 Å². The Hall–Kier alpha value is -2.29. The van der Waals surface area contributed by atoms with Crippen LogP contribution < -0.4 is 11.1 Å². The Kier molecular flexibility index (Phi) is 4.88. The van der Waals surface area contributed by atoms with Crippen molar-refractivity contribution in [1.29, 1.82) is 0 Å². The van der Waals surface area contributed by atoms with Crippen LogP contribution in [0.3, 0.4) is 0 Å². The Labute approximate surface area is 175 Å². The van der Waals surface area contributed by atoms with Crippen molar-refractivity contribution in [2.45, 2.75) is 38.4 Å². The summed E-state index contributed by atoms with van der Waals surface area (Å²) in [5.74, 6) is -0.310. The van der Waals surface area contributed by atoms with Gasteiger partial charge in [-0.2, -0.15) is 0 Å². The first-order valence-corrected chi connectivity index (χ1v) is 10.8. The van der Waals surface area contributed by atoms with Crippen LogP contribution in [-0.4, -0.2) is 66.4 Å². The van der Waals surface area contributed by atoms with Crippen molar-refractivity contribution < 1.29 is 19.1 Å². The Balaban J connectivity index is 1.35. The number of piperidine rings is 1. The molecule has 0 saturated carbocycles. The normalized spacial score (nSPS) is 31.6. The minimum atomic E-state index is -0.581. The molecule has 0 radical (unpaired) electrons. The molecule has 4 aliphatic heterocycles. The van der Waals surface area contributed by atoms with Crippen molar-refractivity contribution in [3.05, 3.63) is 34.9 Å². The summed E-state index contributed by atoms with van der Waals surface area (Å²) in [6.07, 6.45) is 1.65. The van der Waals surface area contributed by atoms with E-state index in [1.807, 2.05) is 12.1 Å². The zero-order chi connectivity index (χ0) is 20.9. The molecule has 0 aliphatic carbocycles. The van der Waals surface area contributed by atoms with E-state index in [4.69, 9.17) is 10.5 Å². The average Bonchev–Trinajstić information content (AvgIpc) is 3.27. The number of carbonyl (C=O) groups excluding carboxylic acids is 3. The van der Waals surface area contributed by atoms with E-state index in [1.54, 1.807) is 4.90 Å².